The molecule has 0 aliphatic carbocycles. The Labute approximate surface area is 146 Å². The molecule has 3 rings (SSSR count). The predicted octanol–water partition coefficient (Wildman–Crippen LogP) is 0.693. The summed E-state index contributed by atoms with van der Waals surface area (Å²) in [5.74, 6) is 0.599. The van der Waals surface area contributed by atoms with Gasteiger partial charge in [-0.3, -0.25) is 19.7 Å². The van der Waals surface area contributed by atoms with Crippen molar-refractivity contribution in [2.24, 2.45) is 0 Å². The number of H-pyrrole nitrogens is 2. The molecule has 0 fully saturated rings. The molecule has 0 radical (unpaired) electrons. The number of carbonyl (C=O) groups excluding carboxylic acids is 1. The van der Waals surface area contributed by atoms with Gasteiger partial charge < -0.3 is 9.80 Å². The Hall–Kier alpha value is -2.64. The third-order valence-corrected chi connectivity index (χ3v) is 4.71. The van der Waals surface area contributed by atoms with Crippen molar-refractivity contribution in [1.29, 1.82) is 0 Å². The fraction of sp³-hybridized carbons (Fsp3) is 0.529. The van der Waals surface area contributed by atoms with E-state index in [1.165, 1.54) is 0 Å². The second kappa shape index (κ2) is 6.70. The molecule has 1 amide bonds. The van der Waals surface area contributed by atoms with Crippen LogP contribution in [0.15, 0.2) is 4.79 Å². The van der Waals surface area contributed by atoms with Crippen molar-refractivity contribution >= 4 is 11.9 Å². The van der Waals surface area contributed by atoms with E-state index in [0.29, 0.717) is 49.6 Å². The van der Waals surface area contributed by atoms with E-state index in [1.807, 2.05) is 27.9 Å². The van der Waals surface area contributed by atoms with Gasteiger partial charge >= 0.3 is 0 Å². The van der Waals surface area contributed by atoms with Crippen LogP contribution in [-0.4, -0.2) is 51.6 Å². The highest BCUT2D eigenvalue weighted by atomic mass is 16.2. The van der Waals surface area contributed by atoms with Gasteiger partial charge in [0.25, 0.3) is 5.56 Å². The number of rotatable bonds is 4. The van der Waals surface area contributed by atoms with Crippen LogP contribution < -0.4 is 10.5 Å². The van der Waals surface area contributed by atoms with E-state index in [0.717, 1.165) is 17.0 Å². The summed E-state index contributed by atoms with van der Waals surface area (Å²) < 4.78 is 0. The van der Waals surface area contributed by atoms with E-state index in [-0.39, 0.29) is 11.5 Å². The molecule has 0 aromatic carbocycles. The molecule has 0 bridgehead atoms. The molecule has 1 aliphatic rings. The number of hydrogen-bond acceptors (Lipinski definition) is 5. The van der Waals surface area contributed by atoms with Crippen molar-refractivity contribution in [3.63, 3.8) is 0 Å². The molecule has 134 valence electrons. The fourth-order valence-electron chi connectivity index (χ4n) is 3.18. The predicted molar refractivity (Wildman–Crippen MR) is 94.7 cm³/mol. The van der Waals surface area contributed by atoms with Crippen molar-refractivity contribution in [2.75, 3.05) is 25.5 Å². The Morgan fingerprint density at radius 1 is 1.32 bits per heavy atom. The Bertz CT molecular complexity index is 832. The van der Waals surface area contributed by atoms with Gasteiger partial charge in [-0.25, -0.2) is 4.98 Å². The molecular formula is C17H24N6O2. The molecule has 0 saturated carbocycles. The van der Waals surface area contributed by atoms with Crippen LogP contribution >= 0.6 is 0 Å². The van der Waals surface area contributed by atoms with Crippen molar-refractivity contribution in [3.05, 3.63) is 38.6 Å². The van der Waals surface area contributed by atoms with Crippen LogP contribution in [0.25, 0.3) is 0 Å². The first-order valence-electron chi connectivity index (χ1n) is 8.44. The molecular weight excluding hydrogens is 320 g/mol. The maximum Gasteiger partial charge on any atom is 0.255 e. The average Bonchev–Trinajstić information content (AvgIpc) is 2.90. The lowest BCUT2D eigenvalue weighted by atomic mass is 10.0. The van der Waals surface area contributed by atoms with Gasteiger partial charge in [0.05, 0.1) is 17.9 Å². The molecule has 2 aromatic heterocycles. The van der Waals surface area contributed by atoms with Gasteiger partial charge in [0.15, 0.2) is 0 Å². The lowest BCUT2D eigenvalue weighted by Crippen LogP contribution is -2.39. The Kier molecular flexibility index (Phi) is 4.61. The quantitative estimate of drug-likeness (QED) is 0.850. The third kappa shape index (κ3) is 3.42. The smallest absolute Gasteiger partial charge is 0.255 e. The van der Waals surface area contributed by atoms with Gasteiger partial charge in [-0.1, -0.05) is 0 Å². The molecule has 0 atom stereocenters. The van der Waals surface area contributed by atoms with Gasteiger partial charge in [0.2, 0.25) is 11.9 Å². The van der Waals surface area contributed by atoms with Crippen molar-refractivity contribution in [3.8, 4) is 0 Å². The zero-order valence-corrected chi connectivity index (χ0v) is 15.1. The zero-order chi connectivity index (χ0) is 18.1. The summed E-state index contributed by atoms with van der Waals surface area (Å²) >= 11 is 0. The summed E-state index contributed by atoms with van der Waals surface area (Å²) in [6.07, 6.45) is 1.64. The minimum absolute atomic E-state index is 0.0825. The van der Waals surface area contributed by atoms with E-state index >= 15 is 0 Å². The van der Waals surface area contributed by atoms with Crippen molar-refractivity contribution in [2.45, 2.75) is 39.7 Å². The minimum atomic E-state index is -0.106. The van der Waals surface area contributed by atoms with Gasteiger partial charge in [-0.05, 0) is 32.3 Å². The lowest BCUT2D eigenvalue weighted by Gasteiger charge is -2.28. The number of aryl methyl sites for hydroxylation is 2. The Morgan fingerprint density at radius 2 is 2.08 bits per heavy atom. The van der Waals surface area contributed by atoms with E-state index < -0.39 is 0 Å². The summed E-state index contributed by atoms with van der Waals surface area (Å²) in [5.41, 5.74) is 4.34. The Morgan fingerprint density at radius 3 is 2.72 bits per heavy atom. The van der Waals surface area contributed by atoms with Crippen LogP contribution in [0.4, 0.5) is 5.95 Å². The molecule has 0 unspecified atom stereocenters. The first kappa shape index (κ1) is 17.2. The molecule has 0 spiro atoms. The number of aromatic amines is 2. The van der Waals surface area contributed by atoms with Crippen LogP contribution in [0.5, 0.6) is 0 Å². The number of anilines is 1. The van der Waals surface area contributed by atoms with Crippen molar-refractivity contribution < 1.29 is 4.79 Å². The summed E-state index contributed by atoms with van der Waals surface area (Å²) in [7, 11) is 3.65. The first-order chi connectivity index (χ1) is 11.9. The number of carbonyl (C=O) groups is 1. The second-order valence-corrected chi connectivity index (χ2v) is 6.69. The van der Waals surface area contributed by atoms with Crippen molar-refractivity contribution in [1.82, 2.24) is 25.1 Å². The number of nitrogens with one attached hydrogen (secondary N) is 2. The highest BCUT2D eigenvalue weighted by Crippen LogP contribution is 2.18. The first-order valence-corrected chi connectivity index (χ1v) is 8.44. The number of nitrogens with zero attached hydrogens (tertiary/aromatic N) is 4. The SMILES string of the molecule is Cc1n[nH]c(C)c1CCC(=O)N1CCc2c(nc(N(C)C)[nH]c2=O)C1. The molecule has 2 aromatic rings. The Balaban J connectivity index is 1.71. The highest BCUT2D eigenvalue weighted by Gasteiger charge is 2.24. The standard InChI is InChI=1S/C17H24N6O2/c1-10-12(11(2)21-20-10)5-6-15(24)23-8-7-13-14(9-23)18-17(22(3)4)19-16(13)25/h5-9H2,1-4H3,(H,20,21)(H,18,19,25). The molecule has 8 heteroatoms. The normalized spacial score (nSPS) is 13.7. The van der Waals surface area contributed by atoms with Crippen LogP contribution in [0.3, 0.4) is 0 Å². The summed E-state index contributed by atoms with van der Waals surface area (Å²) in [4.78, 5) is 35.6. The highest BCUT2D eigenvalue weighted by molar-refractivity contribution is 5.76. The summed E-state index contributed by atoms with van der Waals surface area (Å²) in [6.45, 7) is 4.86. The molecule has 25 heavy (non-hydrogen) atoms. The largest absolute Gasteiger partial charge is 0.348 e. The van der Waals surface area contributed by atoms with Gasteiger partial charge in [-0.2, -0.15) is 5.10 Å². The minimum Gasteiger partial charge on any atom is -0.348 e. The average molecular weight is 344 g/mol. The number of aromatic nitrogens is 4. The van der Waals surface area contributed by atoms with E-state index in [1.54, 1.807) is 9.80 Å². The number of hydrogen-bond donors (Lipinski definition) is 2. The molecule has 1 aliphatic heterocycles. The molecule has 3 heterocycles. The van der Waals surface area contributed by atoms with Gasteiger partial charge in [0, 0.05) is 38.3 Å². The second-order valence-electron chi connectivity index (χ2n) is 6.69. The maximum atomic E-state index is 12.6. The van der Waals surface area contributed by atoms with Crippen LogP contribution in [0.2, 0.25) is 0 Å². The molecule has 0 saturated heterocycles. The maximum absolute atomic E-state index is 12.6. The molecule has 8 nitrogen and oxygen atoms in total. The summed E-state index contributed by atoms with van der Waals surface area (Å²) in [5, 5.41) is 7.12. The number of amides is 1. The third-order valence-electron chi connectivity index (χ3n) is 4.71. The van der Waals surface area contributed by atoms with Crippen LogP contribution in [-0.2, 0) is 24.2 Å². The monoisotopic (exact) mass is 344 g/mol. The van der Waals surface area contributed by atoms with E-state index in [2.05, 4.69) is 20.2 Å². The molecule has 2 N–H and O–H groups in total. The number of fused-ring (bicyclic) bond motifs is 1. The van der Waals surface area contributed by atoms with Crippen LogP contribution in [0, 0.1) is 13.8 Å². The zero-order valence-electron chi connectivity index (χ0n) is 15.1. The van der Waals surface area contributed by atoms with E-state index in [9.17, 15) is 9.59 Å². The lowest BCUT2D eigenvalue weighted by molar-refractivity contribution is -0.132. The van der Waals surface area contributed by atoms with Gasteiger partial charge in [-0.15, -0.1) is 0 Å². The topological polar surface area (TPSA) is 98.0 Å². The van der Waals surface area contributed by atoms with Crippen LogP contribution in [0.1, 0.15) is 34.6 Å². The van der Waals surface area contributed by atoms with Gasteiger partial charge in [0.1, 0.15) is 0 Å². The fourth-order valence-corrected chi connectivity index (χ4v) is 3.18. The van der Waals surface area contributed by atoms with E-state index in [4.69, 9.17) is 0 Å². The summed E-state index contributed by atoms with van der Waals surface area (Å²) in [6, 6.07) is 0.